The molecule has 7 heteroatoms. The lowest BCUT2D eigenvalue weighted by Crippen LogP contribution is -2.55. The van der Waals surface area contributed by atoms with Gasteiger partial charge in [0.2, 0.25) is 0 Å². The highest BCUT2D eigenvalue weighted by atomic mass is 16.2. The van der Waals surface area contributed by atoms with Crippen LogP contribution in [0.15, 0.2) is 73.2 Å². The minimum Gasteiger partial charge on any atom is -0.368 e. The molecule has 1 atom stereocenters. The quantitative estimate of drug-likeness (QED) is 0.708. The largest absolute Gasteiger partial charge is 0.368 e. The molecule has 1 aliphatic rings. The molecule has 1 aliphatic heterocycles. The highest BCUT2D eigenvalue weighted by Crippen LogP contribution is 2.20. The fourth-order valence-electron chi connectivity index (χ4n) is 3.46. The van der Waals surface area contributed by atoms with E-state index in [1.807, 2.05) is 53.4 Å². The van der Waals surface area contributed by atoms with Crippen LogP contribution in [0.25, 0.3) is 0 Å². The zero-order valence-electron chi connectivity index (χ0n) is 16.3. The molecule has 1 fully saturated rings. The van der Waals surface area contributed by atoms with Crippen LogP contribution in [0.1, 0.15) is 6.92 Å². The van der Waals surface area contributed by atoms with E-state index < -0.39 is 0 Å². The van der Waals surface area contributed by atoms with Gasteiger partial charge in [-0.1, -0.05) is 18.2 Å². The fraction of sp³-hybridized carbons (Fsp3) is 0.227. The van der Waals surface area contributed by atoms with Crippen LogP contribution in [-0.2, 0) is 0 Å². The number of amides is 2. The molecule has 4 rings (SSSR count). The number of anilines is 4. The standard InChI is InChI=1S/C22H24N6O/c1-17-16-27(20-9-11-23-12-10-20)13-14-28(17)22(29)26-21-8-7-19(15-24-21)25-18-5-3-2-4-6-18/h2-12,15,17,25H,13-14,16H2,1H3,(H,24,26,29). The van der Waals surface area contributed by atoms with Gasteiger partial charge in [-0.15, -0.1) is 0 Å². The van der Waals surface area contributed by atoms with Gasteiger partial charge in [-0.05, 0) is 43.3 Å². The maximum absolute atomic E-state index is 12.7. The van der Waals surface area contributed by atoms with Gasteiger partial charge in [0, 0.05) is 49.4 Å². The van der Waals surface area contributed by atoms with Gasteiger partial charge in [0.15, 0.2) is 0 Å². The van der Waals surface area contributed by atoms with Crippen molar-refractivity contribution in [2.24, 2.45) is 0 Å². The fourth-order valence-corrected chi connectivity index (χ4v) is 3.46. The van der Waals surface area contributed by atoms with Gasteiger partial charge in [-0.3, -0.25) is 10.3 Å². The van der Waals surface area contributed by atoms with Crippen LogP contribution in [0.2, 0.25) is 0 Å². The Bertz CT molecular complexity index is 933. The number of nitrogens with one attached hydrogen (secondary N) is 2. The van der Waals surface area contributed by atoms with Crippen LogP contribution in [0.5, 0.6) is 0 Å². The van der Waals surface area contributed by atoms with Gasteiger partial charge >= 0.3 is 6.03 Å². The minimum atomic E-state index is -0.122. The zero-order chi connectivity index (χ0) is 20.1. The second-order valence-electron chi connectivity index (χ2n) is 7.05. The van der Waals surface area contributed by atoms with Crippen LogP contribution in [-0.4, -0.2) is 46.6 Å². The number of hydrogen-bond donors (Lipinski definition) is 2. The van der Waals surface area contributed by atoms with Gasteiger partial charge in [0.1, 0.15) is 5.82 Å². The smallest absolute Gasteiger partial charge is 0.323 e. The molecule has 29 heavy (non-hydrogen) atoms. The molecule has 0 radical (unpaired) electrons. The third-order valence-electron chi connectivity index (χ3n) is 4.98. The molecular formula is C22H24N6O. The Morgan fingerprint density at radius 1 is 1.00 bits per heavy atom. The van der Waals surface area contributed by atoms with Crippen molar-refractivity contribution in [1.82, 2.24) is 14.9 Å². The molecule has 2 N–H and O–H groups in total. The second kappa shape index (κ2) is 8.60. The number of pyridine rings is 2. The van der Waals surface area contributed by atoms with Crippen LogP contribution in [0.4, 0.5) is 27.7 Å². The van der Waals surface area contributed by atoms with Crippen molar-refractivity contribution < 1.29 is 4.79 Å². The van der Waals surface area contributed by atoms with E-state index in [1.165, 1.54) is 0 Å². The third-order valence-corrected chi connectivity index (χ3v) is 4.98. The van der Waals surface area contributed by atoms with E-state index in [2.05, 4.69) is 32.4 Å². The predicted octanol–water partition coefficient (Wildman–Crippen LogP) is 3.96. The molecule has 7 nitrogen and oxygen atoms in total. The Kier molecular flexibility index (Phi) is 5.56. The maximum Gasteiger partial charge on any atom is 0.323 e. The highest BCUT2D eigenvalue weighted by molar-refractivity contribution is 5.89. The van der Waals surface area contributed by atoms with E-state index >= 15 is 0 Å². The Labute approximate surface area is 170 Å². The SMILES string of the molecule is CC1CN(c2ccncc2)CCN1C(=O)Nc1ccc(Nc2ccccc2)cn1. The molecule has 3 heterocycles. The van der Waals surface area contributed by atoms with Gasteiger partial charge in [0.25, 0.3) is 0 Å². The lowest BCUT2D eigenvalue weighted by atomic mass is 10.2. The van der Waals surface area contributed by atoms with Gasteiger partial charge < -0.3 is 15.1 Å². The van der Waals surface area contributed by atoms with E-state index in [0.717, 1.165) is 30.2 Å². The highest BCUT2D eigenvalue weighted by Gasteiger charge is 2.27. The first kappa shape index (κ1) is 18.7. The molecule has 0 saturated carbocycles. The summed E-state index contributed by atoms with van der Waals surface area (Å²) in [6, 6.07) is 17.6. The van der Waals surface area contributed by atoms with Crippen molar-refractivity contribution in [3.05, 3.63) is 73.2 Å². The van der Waals surface area contributed by atoms with Gasteiger partial charge in [0.05, 0.1) is 11.9 Å². The van der Waals surface area contributed by atoms with Crippen LogP contribution < -0.4 is 15.5 Å². The summed E-state index contributed by atoms with van der Waals surface area (Å²) in [6.07, 6.45) is 5.30. The molecule has 2 aromatic heterocycles. The summed E-state index contributed by atoms with van der Waals surface area (Å²) >= 11 is 0. The molecule has 1 saturated heterocycles. The first-order chi connectivity index (χ1) is 14.2. The van der Waals surface area contributed by atoms with Crippen LogP contribution in [0.3, 0.4) is 0 Å². The van der Waals surface area contributed by atoms with Crippen LogP contribution in [0, 0.1) is 0 Å². The number of nitrogens with zero attached hydrogens (tertiary/aromatic N) is 4. The first-order valence-electron chi connectivity index (χ1n) is 9.70. The van der Waals surface area contributed by atoms with Crippen molar-refractivity contribution in [2.75, 3.05) is 35.2 Å². The molecular weight excluding hydrogens is 364 g/mol. The van der Waals surface area contributed by atoms with Crippen LogP contribution >= 0.6 is 0 Å². The number of piperazine rings is 1. The normalized spacial score (nSPS) is 16.4. The molecule has 0 spiro atoms. The minimum absolute atomic E-state index is 0.0935. The van der Waals surface area contributed by atoms with Crippen molar-refractivity contribution in [1.29, 1.82) is 0 Å². The summed E-state index contributed by atoms with van der Waals surface area (Å²) in [7, 11) is 0. The average molecular weight is 388 g/mol. The molecule has 1 aromatic carbocycles. The summed E-state index contributed by atoms with van der Waals surface area (Å²) < 4.78 is 0. The summed E-state index contributed by atoms with van der Waals surface area (Å²) in [6.45, 7) is 4.29. The lowest BCUT2D eigenvalue weighted by molar-refractivity contribution is 0.185. The molecule has 2 amide bonds. The van der Waals surface area contributed by atoms with E-state index in [0.29, 0.717) is 12.4 Å². The summed E-state index contributed by atoms with van der Waals surface area (Å²) in [4.78, 5) is 25.3. The van der Waals surface area contributed by atoms with E-state index in [4.69, 9.17) is 0 Å². The van der Waals surface area contributed by atoms with Crippen molar-refractivity contribution in [3.8, 4) is 0 Å². The number of aromatic nitrogens is 2. The Morgan fingerprint density at radius 3 is 2.48 bits per heavy atom. The predicted molar refractivity (Wildman–Crippen MR) is 116 cm³/mol. The van der Waals surface area contributed by atoms with E-state index in [9.17, 15) is 4.79 Å². The Hall–Kier alpha value is -3.61. The Morgan fingerprint density at radius 2 is 1.79 bits per heavy atom. The molecule has 1 unspecified atom stereocenters. The molecule has 3 aromatic rings. The number of urea groups is 1. The maximum atomic E-state index is 12.7. The lowest BCUT2D eigenvalue weighted by Gasteiger charge is -2.40. The molecule has 0 bridgehead atoms. The number of benzene rings is 1. The number of rotatable bonds is 4. The summed E-state index contributed by atoms with van der Waals surface area (Å²) in [5.41, 5.74) is 3.00. The molecule has 148 valence electrons. The average Bonchev–Trinajstić information content (AvgIpc) is 2.76. The van der Waals surface area contributed by atoms with Crippen molar-refractivity contribution in [2.45, 2.75) is 13.0 Å². The third kappa shape index (κ3) is 4.63. The number of carbonyl (C=O) groups excluding carboxylic acids is 1. The first-order valence-corrected chi connectivity index (χ1v) is 9.70. The number of carbonyl (C=O) groups is 1. The van der Waals surface area contributed by atoms with E-state index in [1.54, 1.807) is 24.7 Å². The second-order valence-corrected chi connectivity index (χ2v) is 7.05. The van der Waals surface area contributed by atoms with Crippen molar-refractivity contribution >= 4 is 28.9 Å². The zero-order valence-corrected chi connectivity index (χ0v) is 16.3. The summed E-state index contributed by atoms with van der Waals surface area (Å²) in [5, 5.41) is 6.19. The summed E-state index contributed by atoms with van der Waals surface area (Å²) in [5.74, 6) is 0.539. The van der Waals surface area contributed by atoms with Crippen molar-refractivity contribution in [3.63, 3.8) is 0 Å². The topological polar surface area (TPSA) is 73.4 Å². The van der Waals surface area contributed by atoms with Gasteiger partial charge in [-0.25, -0.2) is 9.78 Å². The number of hydrogen-bond acceptors (Lipinski definition) is 5. The monoisotopic (exact) mass is 388 g/mol. The van der Waals surface area contributed by atoms with E-state index in [-0.39, 0.29) is 12.1 Å². The Balaban J connectivity index is 1.33. The van der Waals surface area contributed by atoms with Gasteiger partial charge in [-0.2, -0.15) is 0 Å². The number of para-hydroxylation sites is 1. The molecule has 0 aliphatic carbocycles.